The summed E-state index contributed by atoms with van der Waals surface area (Å²) in [5.41, 5.74) is 0. The van der Waals surface area contributed by atoms with Crippen molar-refractivity contribution in [2.45, 2.75) is 6.61 Å². The fraction of sp³-hybridized carbons (Fsp3) is 0.167. The minimum absolute atomic E-state index is 0.0520. The van der Waals surface area contributed by atoms with Crippen LogP contribution in [0.2, 0.25) is 0 Å². The molecular formula is C12H10F2O2. The second-order valence-electron chi connectivity index (χ2n) is 3.23. The van der Waals surface area contributed by atoms with Crippen molar-refractivity contribution in [1.82, 2.24) is 0 Å². The van der Waals surface area contributed by atoms with Gasteiger partial charge in [-0.1, -0.05) is 24.3 Å². The first-order valence-electron chi connectivity index (χ1n) is 4.72. The van der Waals surface area contributed by atoms with Gasteiger partial charge in [-0.15, -0.1) is 0 Å². The second-order valence-corrected chi connectivity index (χ2v) is 3.23. The van der Waals surface area contributed by atoms with Gasteiger partial charge in [0.25, 0.3) is 0 Å². The van der Waals surface area contributed by atoms with Crippen LogP contribution in [-0.4, -0.2) is 13.7 Å². The molecule has 0 radical (unpaired) electrons. The topological polar surface area (TPSA) is 18.5 Å². The van der Waals surface area contributed by atoms with Crippen molar-refractivity contribution in [2.24, 2.45) is 0 Å². The SMILES string of the molecule is COc1cc2ccccc2cc1OC(F)F. The minimum Gasteiger partial charge on any atom is -0.493 e. The third-order valence-corrected chi connectivity index (χ3v) is 2.25. The molecule has 0 amide bonds. The Balaban J connectivity index is 2.53. The van der Waals surface area contributed by atoms with Crippen molar-refractivity contribution < 1.29 is 18.3 Å². The number of fused-ring (bicyclic) bond motifs is 1. The third kappa shape index (κ3) is 2.05. The molecule has 0 fully saturated rings. The standard InChI is InChI=1S/C12H10F2O2/c1-15-10-6-8-4-2-3-5-9(8)7-11(10)16-12(13)14/h2-7,12H,1H3. The highest BCUT2D eigenvalue weighted by Crippen LogP contribution is 2.33. The summed E-state index contributed by atoms with van der Waals surface area (Å²) in [5.74, 6) is 0.357. The zero-order chi connectivity index (χ0) is 11.5. The predicted octanol–water partition coefficient (Wildman–Crippen LogP) is 3.45. The molecule has 0 aromatic heterocycles. The Hall–Kier alpha value is -1.84. The highest BCUT2D eigenvalue weighted by molar-refractivity contribution is 5.86. The molecule has 0 aliphatic heterocycles. The van der Waals surface area contributed by atoms with Crippen LogP contribution in [0.25, 0.3) is 10.8 Å². The van der Waals surface area contributed by atoms with E-state index in [0.29, 0.717) is 5.75 Å². The van der Waals surface area contributed by atoms with Crippen LogP contribution in [0.1, 0.15) is 0 Å². The molecule has 0 N–H and O–H groups in total. The van der Waals surface area contributed by atoms with Crippen LogP contribution in [0.5, 0.6) is 11.5 Å². The molecule has 2 aromatic carbocycles. The van der Waals surface area contributed by atoms with E-state index >= 15 is 0 Å². The molecule has 16 heavy (non-hydrogen) atoms. The number of hydrogen-bond acceptors (Lipinski definition) is 2. The summed E-state index contributed by atoms with van der Waals surface area (Å²) < 4.78 is 33.7. The van der Waals surface area contributed by atoms with Crippen LogP contribution >= 0.6 is 0 Å². The van der Waals surface area contributed by atoms with E-state index in [9.17, 15) is 8.78 Å². The van der Waals surface area contributed by atoms with E-state index in [1.54, 1.807) is 12.1 Å². The molecule has 0 unspecified atom stereocenters. The quantitative estimate of drug-likeness (QED) is 0.794. The maximum atomic E-state index is 12.2. The molecule has 0 atom stereocenters. The first-order chi connectivity index (χ1) is 7.70. The molecule has 2 rings (SSSR count). The molecule has 0 spiro atoms. The van der Waals surface area contributed by atoms with Crippen LogP contribution in [0.4, 0.5) is 8.78 Å². The minimum atomic E-state index is -2.85. The number of ether oxygens (including phenoxy) is 2. The summed E-state index contributed by atoms with van der Waals surface area (Å²) in [4.78, 5) is 0. The third-order valence-electron chi connectivity index (χ3n) is 2.25. The Morgan fingerprint density at radius 2 is 1.56 bits per heavy atom. The lowest BCUT2D eigenvalue weighted by atomic mass is 10.1. The first-order valence-corrected chi connectivity index (χ1v) is 4.72. The Morgan fingerprint density at radius 3 is 2.06 bits per heavy atom. The normalized spacial score (nSPS) is 10.8. The summed E-state index contributed by atoms with van der Waals surface area (Å²) in [7, 11) is 1.42. The Labute approximate surface area is 91.4 Å². The summed E-state index contributed by atoms with van der Waals surface area (Å²) >= 11 is 0. The van der Waals surface area contributed by atoms with Crippen LogP contribution < -0.4 is 9.47 Å². The fourth-order valence-electron chi connectivity index (χ4n) is 1.55. The molecule has 0 heterocycles. The van der Waals surface area contributed by atoms with Gasteiger partial charge in [-0.3, -0.25) is 0 Å². The maximum absolute atomic E-state index is 12.2. The molecule has 84 valence electrons. The van der Waals surface area contributed by atoms with E-state index in [1.807, 2.05) is 24.3 Å². The van der Waals surface area contributed by atoms with Crippen LogP contribution in [0.3, 0.4) is 0 Å². The molecule has 0 aliphatic carbocycles. The molecule has 0 saturated heterocycles. The van der Waals surface area contributed by atoms with E-state index in [2.05, 4.69) is 4.74 Å². The van der Waals surface area contributed by atoms with Gasteiger partial charge >= 0.3 is 6.61 Å². The van der Waals surface area contributed by atoms with E-state index in [1.165, 1.54) is 7.11 Å². The zero-order valence-corrected chi connectivity index (χ0v) is 8.61. The number of hydrogen-bond donors (Lipinski definition) is 0. The maximum Gasteiger partial charge on any atom is 0.387 e. The molecular weight excluding hydrogens is 214 g/mol. The van der Waals surface area contributed by atoms with Gasteiger partial charge in [0.2, 0.25) is 0 Å². The number of methoxy groups -OCH3 is 1. The molecule has 0 bridgehead atoms. The fourth-order valence-corrected chi connectivity index (χ4v) is 1.55. The van der Waals surface area contributed by atoms with Crippen LogP contribution in [-0.2, 0) is 0 Å². The number of rotatable bonds is 3. The predicted molar refractivity (Wildman–Crippen MR) is 57.1 cm³/mol. The number of alkyl halides is 2. The molecule has 0 aliphatic rings. The average molecular weight is 224 g/mol. The van der Waals surface area contributed by atoms with Crippen molar-refractivity contribution in [3.05, 3.63) is 36.4 Å². The molecule has 0 saturated carbocycles. The second kappa shape index (κ2) is 4.35. The van der Waals surface area contributed by atoms with Gasteiger partial charge in [0, 0.05) is 0 Å². The largest absolute Gasteiger partial charge is 0.493 e. The number of halogens is 2. The van der Waals surface area contributed by atoms with Gasteiger partial charge in [0.1, 0.15) is 0 Å². The van der Waals surface area contributed by atoms with E-state index < -0.39 is 6.61 Å². The van der Waals surface area contributed by atoms with Crippen molar-refractivity contribution in [3.8, 4) is 11.5 Å². The summed E-state index contributed by atoms with van der Waals surface area (Å²) in [5, 5.41) is 1.75. The van der Waals surface area contributed by atoms with Gasteiger partial charge in [-0.05, 0) is 22.9 Å². The van der Waals surface area contributed by atoms with Gasteiger partial charge in [0.05, 0.1) is 7.11 Å². The monoisotopic (exact) mass is 224 g/mol. The highest BCUT2D eigenvalue weighted by atomic mass is 19.3. The summed E-state index contributed by atoms with van der Waals surface area (Å²) in [6.45, 7) is -2.85. The lowest BCUT2D eigenvalue weighted by Gasteiger charge is -2.10. The van der Waals surface area contributed by atoms with Gasteiger partial charge in [-0.25, -0.2) is 0 Å². The smallest absolute Gasteiger partial charge is 0.387 e. The van der Waals surface area contributed by atoms with Crippen LogP contribution in [0.15, 0.2) is 36.4 Å². The van der Waals surface area contributed by atoms with Crippen molar-refractivity contribution in [3.63, 3.8) is 0 Å². The summed E-state index contributed by atoms with van der Waals surface area (Å²) in [6, 6.07) is 10.6. The molecule has 4 heteroatoms. The lowest BCUT2D eigenvalue weighted by molar-refractivity contribution is -0.0511. The number of benzene rings is 2. The first kappa shape index (κ1) is 10.7. The van der Waals surface area contributed by atoms with Crippen molar-refractivity contribution in [1.29, 1.82) is 0 Å². The Morgan fingerprint density at radius 1 is 1.00 bits per heavy atom. The summed E-state index contributed by atoms with van der Waals surface area (Å²) in [6.07, 6.45) is 0. The highest BCUT2D eigenvalue weighted by Gasteiger charge is 2.11. The van der Waals surface area contributed by atoms with Crippen molar-refractivity contribution in [2.75, 3.05) is 7.11 Å². The van der Waals surface area contributed by atoms with E-state index in [0.717, 1.165) is 10.8 Å². The average Bonchev–Trinajstić information content (AvgIpc) is 2.27. The van der Waals surface area contributed by atoms with E-state index in [-0.39, 0.29) is 5.75 Å². The van der Waals surface area contributed by atoms with E-state index in [4.69, 9.17) is 4.74 Å². The van der Waals surface area contributed by atoms with Crippen LogP contribution in [0, 0.1) is 0 Å². The van der Waals surface area contributed by atoms with Gasteiger partial charge in [-0.2, -0.15) is 8.78 Å². The Bertz CT molecular complexity index is 497. The van der Waals surface area contributed by atoms with Gasteiger partial charge in [0.15, 0.2) is 11.5 Å². The lowest BCUT2D eigenvalue weighted by Crippen LogP contribution is -2.03. The zero-order valence-electron chi connectivity index (χ0n) is 8.61. The van der Waals surface area contributed by atoms with Gasteiger partial charge < -0.3 is 9.47 Å². The molecule has 2 aromatic rings. The Kier molecular flexibility index (Phi) is 2.90. The van der Waals surface area contributed by atoms with Crippen molar-refractivity contribution >= 4 is 10.8 Å². The molecule has 2 nitrogen and oxygen atoms in total.